The van der Waals surface area contributed by atoms with Gasteiger partial charge in [-0.05, 0) is 32.4 Å². The van der Waals surface area contributed by atoms with Gasteiger partial charge in [-0.2, -0.15) is 0 Å². The Kier molecular flexibility index (Phi) is 2.52. The van der Waals surface area contributed by atoms with E-state index in [9.17, 15) is 4.79 Å². The zero-order valence-corrected chi connectivity index (χ0v) is 11.0. The minimum atomic E-state index is -0.705. The number of thiazole rings is 1. The van der Waals surface area contributed by atoms with Crippen molar-refractivity contribution in [3.05, 3.63) is 28.5 Å². The first-order chi connectivity index (χ1) is 8.56. The highest BCUT2D eigenvalue weighted by molar-refractivity contribution is 7.15. The fourth-order valence-corrected chi connectivity index (χ4v) is 3.37. The first kappa shape index (κ1) is 11.5. The molecule has 2 heterocycles. The molecule has 0 aliphatic heterocycles. The van der Waals surface area contributed by atoms with Crippen molar-refractivity contribution in [1.82, 2.24) is 4.98 Å². The molecular formula is C13H13NO3S. The molecule has 4 nitrogen and oxygen atoms in total. The first-order valence-corrected chi connectivity index (χ1v) is 6.65. The summed E-state index contributed by atoms with van der Waals surface area (Å²) in [6.45, 7) is 3.83. The van der Waals surface area contributed by atoms with E-state index in [1.807, 2.05) is 26.0 Å². The van der Waals surface area contributed by atoms with Gasteiger partial charge in [0.1, 0.15) is 5.76 Å². The van der Waals surface area contributed by atoms with Crippen LogP contribution in [-0.2, 0) is 4.79 Å². The third-order valence-corrected chi connectivity index (χ3v) is 4.53. The second kappa shape index (κ2) is 3.95. The Morgan fingerprint density at radius 3 is 2.83 bits per heavy atom. The molecule has 1 N–H and O–H groups in total. The standard InChI is InChI=1S/C13H13NO3S/c1-6-3-4-10(17-6)12-14-7(2)11(18-12)8-5-9(8)13(15)16/h3-4,8-9H,5H2,1-2H3,(H,15,16). The zero-order valence-electron chi connectivity index (χ0n) is 10.1. The summed E-state index contributed by atoms with van der Waals surface area (Å²) in [5.41, 5.74) is 0.929. The lowest BCUT2D eigenvalue weighted by Gasteiger charge is -1.92. The van der Waals surface area contributed by atoms with E-state index in [1.165, 1.54) is 0 Å². The molecule has 2 atom stereocenters. The average Bonchev–Trinajstić information content (AvgIpc) is 2.85. The van der Waals surface area contributed by atoms with E-state index in [2.05, 4.69) is 4.98 Å². The number of aliphatic carboxylic acids is 1. The van der Waals surface area contributed by atoms with Crippen LogP contribution in [0.2, 0.25) is 0 Å². The van der Waals surface area contributed by atoms with Gasteiger partial charge in [0.2, 0.25) is 0 Å². The molecule has 2 aromatic rings. The smallest absolute Gasteiger partial charge is 0.307 e. The number of hydrogen-bond donors (Lipinski definition) is 1. The van der Waals surface area contributed by atoms with Gasteiger partial charge < -0.3 is 9.52 Å². The topological polar surface area (TPSA) is 63.3 Å². The fraction of sp³-hybridized carbons (Fsp3) is 0.385. The molecule has 94 valence electrons. The molecule has 0 aromatic carbocycles. The largest absolute Gasteiger partial charge is 0.481 e. The molecule has 1 aliphatic rings. The van der Waals surface area contributed by atoms with Gasteiger partial charge in [-0.3, -0.25) is 4.79 Å². The van der Waals surface area contributed by atoms with Crippen molar-refractivity contribution in [3.8, 4) is 10.8 Å². The molecule has 5 heteroatoms. The third-order valence-electron chi connectivity index (χ3n) is 3.23. The van der Waals surface area contributed by atoms with Crippen LogP contribution in [0.5, 0.6) is 0 Å². The van der Waals surface area contributed by atoms with Crippen LogP contribution in [0, 0.1) is 19.8 Å². The highest BCUT2D eigenvalue weighted by Gasteiger charge is 2.46. The normalized spacial score (nSPS) is 22.1. The summed E-state index contributed by atoms with van der Waals surface area (Å²) in [5, 5.41) is 9.81. The van der Waals surface area contributed by atoms with Crippen LogP contribution in [0.3, 0.4) is 0 Å². The van der Waals surface area contributed by atoms with Crippen molar-refractivity contribution in [3.63, 3.8) is 0 Å². The summed E-state index contributed by atoms with van der Waals surface area (Å²) in [6, 6.07) is 3.81. The Labute approximate surface area is 108 Å². The van der Waals surface area contributed by atoms with Crippen LogP contribution < -0.4 is 0 Å². The van der Waals surface area contributed by atoms with E-state index in [-0.39, 0.29) is 11.8 Å². The number of furan rings is 1. The summed E-state index contributed by atoms with van der Waals surface area (Å²) in [5.74, 6) is 0.831. The maximum Gasteiger partial charge on any atom is 0.307 e. The van der Waals surface area contributed by atoms with Crippen LogP contribution in [0.25, 0.3) is 10.8 Å². The molecule has 0 radical (unpaired) electrons. The number of carbonyl (C=O) groups is 1. The number of carboxylic acid groups (broad SMARTS) is 1. The van der Waals surface area contributed by atoms with Gasteiger partial charge in [0.15, 0.2) is 10.8 Å². The highest BCUT2D eigenvalue weighted by Crippen LogP contribution is 2.51. The number of nitrogens with zero attached hydrogens (tertiary/aromatic N) is 1. The molecule has 0 amide bonds. The Morgan fingerprint density at radius 2 is 2.28 bits per heavy atom. The number of aromatic nitrogens is 1. The first-order valence-electron chi connectivity index (χ1n) is 5.83. The summed E-state index contributed by atoms with van der Waals surface area (Å²) >= 11 is 1.55. The lowest BCUT2D eigenvalue weighted by molar-refractivity contribution is -0.138. The van der Waals surface area contributed by atoms with E-state index < -0.39 is 5.97 Å². The van der Waals surface area contributed by atoms with Gasteiger partial charge in [0, 0.05) is 10.8 Å². The third kappa shape index (κ3) is 1.84. The van der Waals surface area contributed by atoms with E-state index >= 15 is 0 Å². The summed E-state index contributed by atoms with van der Waals surface area (Å²) < 4.78 is 5.54. The quantitative estimate of drug-likeness (QED) is 0.923. The van der Waals surface area contributed by atoms with Crippen LogP contribution in [0.1, 0.15) is 28.7 Å². The number of carboxylic acids is 1. The summed E-state index contributed by atoms with van der Waals surface area (Å²) in [4.78, 5) is 16.5. The number of rotatable bonds is 3. The molecular weight excluding hydrogens is 250 g/mol. The lowest BCUT2D eigenvalue weighted by atomic mass is 10.2. The lowest BCUT2D eigenvalue weighted by Crippen LogP contribution is -1.98. The van der Waals surface area contributed by atoms with Crippen molar-refractivity contribution < 1.29 is 14.3 Å². The molecule has 0 bridgehead atoms. The number of hydrogen-bond acceptors (Lipinski definition) is 4. The average molecular weight is 263 g/mol. The second-order valence-corrected chi connectivity index (χ2v) is 5.70. The van der Waals surface area contributed by atoms with Crippen LogP contribution in [0.4, 0.5) is 0 Å². The Balaban J connectivity index is 1.90. The Hall–Kier alpha value is -1.62. The molecule has 18 heavy (non-hydrogen) atoms. The molecule has 1 aliphatic carbocycles. The molecule has 1 saturated carbocycles. The monoisotopic (exact) mass is 263 g/mol. The van der Waals surface area contributed by atoms with E-state index in [0.717, 1.165) is 33.5 Å². The fourth-order valence-electron chi connectivity index (χ4n) is 2.16. The van der Waals surface area contributed by atoms with Crippen molar-refractivity contribution in [2.75, 3.05) is 0 Å². The molecule has 0 saturated heterocycles. The van der Waals surface area contributed by atoms with E-state index in [0.29, 0.717) is 0 Å². The van der Waals surface area contributed by atoms with Crippen LogP contribution in [-0.4, -0.2) is 16.1 Å². The van der Waals surface area contributed by atoms with Crippen LogP contribution in [0.15, 0.2) is 16.5 Å². The van der Waals surface area contributed by atoms with Gasteiger partial charge in [-0.25, -0.2) is 4.98 Å². The predicted octanol–water partition coefficient (Wildman–Crippen LogP) is 3.21. The summed E-state index contributed by atoms with van der Waals surface area (Å²) in [7, 11) is 0. The van der Waals surface area contributed by atoms with E-state index in [4.69, 9.17) is 9.52 Å². The highest BCUT2D eigenvalue weighted by atomic mass is 32.1. The number of aryl methyl sites for hydroxylation is 2. The van der Waals surface area contributed by atoms with Gasteiger partial charge in [0.05, 0.1) is 11.6 Å². The van der Waals surface area contributed by atoms with Gasteiger partial charge in [0.25, 0.3) is 0 Å². The van der Waals surface area contributed by atoms with Gasteiger partial charge in [-0.1, -0.05) is 0 Å². The van der Waals surface area contributed by atoms with Crippen molar-refractivity contribution in [2.45, 2.75) is 26.2 Å². The van der Waals surface area contributed by atoms with E-state index in [1.54, 1.807) is 11.3 Å². The maximum atomic E-state index is 10.9. The second-order valence-electron chi connectivity index (χ2n) is 4.67. The van der Waals surface area contributed by atoms with Crippen molar-refractivity contribution in [1.29, 1.82) is 0 Å². The van der Waals surface area contributed by atoms with Crippen LogP contribution >= 0.6 is 11.3 Å². The molecule has 0 spiro atoms. The van der Waals surface area contributed by atoms with Gasteiger partial charge >= 0.3 is 5.97 Å². The van der Waals surface area contributed by atoms with Crippen molar-refractivity contribution in [2.24, 2.45) is 5.92 Å². The minimum absolute atomic E-state index is 0.143. The SMILES string of the molecule is Cc1ccc(-c2nc(C)c(C3CC3C(=O)O)s2)o1. The Bertz CT molecular complexity index is 614. The Morgan fingerprint density at radius 1 is 1.50 bits per heavy atom. The summed E-state index contributed by atoms with van der Waals surface area (Å²) in [6.07, 6.45) is 0.731. The zero-order chi connectivity index (χ0) is 12.9. The molecule has 2 aromatic heterocycles. The van der Waals surface area contributed by atoms with Crippen molar-refractivity contribution >= 4 is 17.3 Å². The maximum absolute atomic E-state index is 10.9. The molecule has 3 rings (SSSR count). The molecule has 1 fully saturated rings. The van der Waals surface area contributed by atoms with Gasteiger partial charge in [-0.15, -0.1) is 11.3 Å². The predicted molar refractivity (Wildman–Crippen MR) is 67.8 cm³/mol. The minimum Gasteiger partial charge on any atom is -0.481 e. The molecule has 2 unspecified atom stereocenters.